The summed E-state index contributed by atoms with van der Waals surface area (Å²) in [6.45, 7) is 4.89. The van der Waals surface area contributed by atoms with Crippen LogP contribution in [0.1, 0.15) is 24.6 Å². The Labute approximate surface area is 178 Å². The van der Waals surface area contributed by atoms with Crippen LogP contribution in [-0.4, -0.2) is 50.1 Å². The first-order valence-corrected chi connectivity index (χ1v) is 9.90. The van der Waals surface area contributed by atoms with E-state index < -0.39 is 0 Å². The minimum atomic E-state index is -0.0533. The second-order valence-corrected chi connectivity index (χ2v) is 8.51. The fourth-order valence-electron chi connectivity index (χ4n) is 2.70. The molecule has 1 aromatic heterocycles. The largest absolute Gasteiger partial charge is 0.466 e. The van der Waals surface area contributed by atoms with Crippen molar-refractivity contribution in [1.29, 1.82) is 0 Å². The van der Waals surface area contributed by atoms with Crippen molar-refractivity contribution < 1.29 is 9.53 Å². The first kappa shape index (κ1) is 21.9. The third-order valence-electron chi connectivity index (χ3n) is 3.91. The molecule has 0 bridgehead atoms. The lowest BCUT2D eigenvalue weighted by molar-refractivity contribution is -0.149. The summed E-state index contributed by atoms with van der Waals surface area (Å²) in [5.74, 6) is 0.915. The number of carbonyl (C=O) groups is 1. The van der Waals surface area contributed by atoms with Crippen LogP contribution in [0.4, 0.5) is 0 Å². The summed E-state index contributed by atoms with van der Waals surface area (Å²) in [5, 5.41) is 3.43. The Morgan fingerprint density at radius 1 is 1.46 bits per heavy atom. The second kappa shape index (κ2) is 11.5. The van der Waals surface area contributed by atoms with Gasteiger partial charge in [-0.3, -0.25) is 9.79 Å². The van der Waals surface area contributed by atoms with E-state index in [2.05, 4.69) is 49.9 Å². The molecular weight excluding hydrogens is 552 g/mol. The fraction of sp³-hybridized carbons (Fsp3) is 0.625. The molecule has 0 unspecified atom stereocenters. The number of piperidine rings is 1. The minimum Gasteiger partial charge on any atom is -0.466 e. The van der Waals surface area contributed by atoms with E-state index in [1.54, 1.807) is 0 Å². The van der Waals surface area contributed by atoms with Gasteiger partial charge < -0.3 is 15.0 Å². The lowest BCUT2D eigenvalue weighted by atomic mass is 9.97. The average molecular weight is 577 g/mol. The van der Waals surface area contributed by atoms with Gasteiger partial charge in [0.25, 0.3) is 0 Å². The highest BCUT2D eigenvalue weighted by Gasteiger charge is 2.27. The topological polar surface area (TPSA) is 53.9 Å². The maximum atomic E-state index is 11.8. The summed E-state index contributed by atoms with van der Waals surface area (Å²) in [6, 6.07) is 4.33. The first-order valence-electron chi connectivity index (χ1n) is 8.00. The summed E-state index contributed by atoms with van der Waals surface area (Å²) in [7, 11) is 1.81. The normalized spacial score (nSPS) is 15.8. The lowest BCUT2D eigenvalue weighted by Gasteiger charge is -2.33. The van der Waals surface area contributed by atoms with E-state index >= 15 is 0 Å². The van der Waals surface area contributed by atoms with E-state index in [0.717, 1.165) is 44.9 Å². The maximum absolute atomic E-state index is 11.8. The van der Waals surface area contributed by atoms with Crippen molar-refractivity contribution in [3.05, 3.63) is 19.9 Å². The molecule has 0 atom stereocenters. The van der Waals surface area contributed by atoms with Crippen LogP contribution in [0.5, 0.6) is 0 Å². The number of hydrogen-bond acceptors (Lipinski definition) is 4. The van der Waals surface area contributed by atoms with Crippen LogP contribution in [0, 0.1) is 8.80 Å². The number of guanidine groups is 1. The van der Waals surface area contributed by atoms with Crippen LogP contribution in [0.2, 0.25) is 0 Å². The van der Waals surface area contributed by atoms with Gasteiger partial charge >= 0.3 is 5.97 Å². The number of carbonyl (C=O) groups excluding carboxylic acids is 1. The molecule has 5 nitrogen and oxygen atoms in total. The third kappa shape index (κ3) is 6.66. The number of nitrogens with zero attached hydrogens (tertiary/aromatic N) is 2. The highest BCUT2D eigenvalue weighted by Crippen LogP contribution is 2.19. The molecule has 0 amide bonds. The Kier molecular flexibility index (Phi) is 10.5. The number of rotatable bonds is 5. The zero-order chi connectivity index (χ0) is 16.7. The van der Waals surface area contributed by atoms with Crippen molar-refractivity contribution in [2.24, 2.45) is 10.9 Å². The number of likely N-dealkylation sites (tertiary alicyclic amines) is 1. The van der Waals surface area contributed by atoms with Crippen LogP contribution in [0.15, 0.2) is 17.1 Å². The highest BCUT2D eigenvalue weighted by molar-refractivity contribution is 14.1. The minimum absolute atomic E-state index is 0. The van der Waals surface area contributed by atoms with E-state index in [-0.39, 0.29) is 35.9 Å². The van der Waals surface area contributed by atoms with E-state index in [1.807, 2.05) is 25.3 Å². The number of ether oxygens (including phenoxy) is 1. The number of esters is 1. The molecule has 0 aliphatic carbocycles. The number of hydrogen-bond donors (Lipinski definition) is 1. The van der Waals surface area contributed by atoms with Crippen LogP contribution in [0.3, 0.4) is 0 Å². The predicted molar refractivity (Wildman–Crippen MR) is 118 cm³/mol. The van der Waals surface area contributed by atoms with Gasteiger partial charge in [-0.05, 0) is 60.9 Å². The molecule has 0 spiro atoms. The summed E-state index contributed by atoms with van der Waals surface area (Å²) in [4.78, 5) is 19.8. The zero-order valence-electron chi connectivity index (χ0n) is 14.1. The third-order valence-corrected chi connectivity index (χ3v) is 5.86. The van der Waals surface area contributed by atoms with Crippen molar-refractivity contribution >= 4 is 69.8 Å². The van der Waals surface area contributed by atoms with E-state index in [9.17, 15) is 4.79 Å². The van der Waals surface area contributed by atoms with Gasteiger partial charge in [-0.15, -0.1) is 35.3 Å². The van der Waals surface area contributed by atoms with Crippen molar-refractivity contribution in [2.45, 2.75) is 26.2 Å². The highest BCUT2D eigenvalue weighted by atomic mass is 127. The molecule has 0 aromatic carbocycles. The van der Waals surface area contributed by atoms with Gasteiger partial charge in [-0.1, -0.05) is 0 Å². The fourth-order valence-corrected chi connectivity index (χ4v) is 4.46. The van der Waals surface area contributed by atoms with Crippen LogP contribution in [0.25, 0.3) is 0 Å². The number of halogens is 2. The van der Waals surface area contributed by atoms with Gasteiger partial charge in [-0.2, -0.15) is 0 Å². The quantitative estimate of drug-likeness (QED) is 0.253. The standard InChI is InChI=1S/C16H24IN3O2S.HI/c1-3-22-15(21)12-7-10-20(11-8-12)16(18-2)19-9-6-13-4-5-14(17)23-13;/h4-5,12H,3,6-11H2,1-2H3,(H,18,19);1H. The Bertz CT molecular complexity index is 543. The van der Waals surface area contributed by atoms with Gasteiger partial charge in [0.05, 0.1) is 15.4 Å². The summed E-state index contributed by atoms with van der Waals surface area (Å²) in [5.41, 5.74) is 0. The second-order valence-electron chi connectivity index (χ2n) is 5.44. The molecule has 24 heavy (non-hydrogen) atoms. The summed E-state index contributed by atoms with van der Waals surface area (Å²) < 4.78 is 6.44. The van der Waals surface area contributed by atoms with Crippen LogP contribution in [-0.2, 0) is 16.0 Å². The smallest absolute Gasteiger partial charge is 0.309 e. The number of nitrogens with one attached hydrogen (secondary N) is 1. The molecule has 1 aromatic rings. The van der Waals surface area contributed by atoms with Gasteiger partial charge in [0.2, 0.25) is 0 Å². The van der Waals surface area contributed by atoms with E-state index in [1.165, 1.54) is 7.76 Å². The SMILES string of the molecule is CCOC(=O)C1CCN(C(=NC)NCCc2ccc(I)s2)CC1.I. The Morgan fingerprint density at radius 2 is 2.17 bits per heavy atom. The molecule has 1 saturated heterocycles. The number of thiophene rings is 1. The molecule has 8 heteroatoms. The van der Waals surface area contributed by atoms with Gasteiger partial charge in [0.15, 0.2) is 5.96 Å². The van der Waals surface area contributed by atoms with Gasteiger partial charge in [-0.25, -0.2) is 0 Å². The van der Waals surface area contributed by atoms with Crippen molar-refractivity contribution in [2.75, 3.05) is 33.3 Å². The molecule has 136 valence electrons. The number of aliphatic imine (C=N–C) groups is 1. The maximum Gasteiger partial charge on any atom is 0.309 e. The molecule has 1 fully saturated rings. The molecule has 0 saturated carbocycles. The molecule has 0 radical (unpaired) electrons. The average Bonchev–Trinajstić information content (AvgIpc) is 2.97. The predicted octanol–water partition coefficient (Wildman–Crippen LogP) is 3.36. The molecule has 2 rings (SSSR count). The van der Waals surface area contributed by atoms with Crippen molar-refractivity contribution in [1.82, 2.24) is 10.2 Å². The van der Waals surface area contributed by atoms with E-state index in [4.69, 9.17) is 4.74 Å². The zero-order valence-corrected chi connectivity index (χ0v) is 19.4. The molecule has 2 heterocycles. The molecular formula is C16H25I2N3O2S. The summed E-state index contributed by atoms with van der Waals surface area (Å²) >= 11 is 4.18. The van der Waals surface area contributed by atoms with Gasteiger partial charge in [0.1, 0.15) is 0 Å². The van der Waals surface area contributed by atoms with E-state index in [0.29, 0.717) is 6.61 Å². The molecule has 1 aliphatic rings. The summed E-state index contributed by atoms with van der Waals surface area (Å²) in [6.07, 6.45) is 2.68. The van der Waals surface area contributed by atoms with Gasteiger partial charge in [0, 0.05) is 31.6 Å². The monoisotopic (exact) mass is 577 g/mol. The molecule has 1 N–H and O–H groups in total. The Morgan fingerprint density at radius 3 is 2.71 bits per heavy atom. The lowest BCUT2D eigenvalue weighted by Crippen LogP contribution is -2.47. The van der Waals surface area contributed by atoms with Crippen LogP contribution < -0.4 is 5.32 Å². The Hall–Kier alpha value is -0.1000. The van der Waals surface area contributed by atoms with Crippen LogP contribution >= 0.6 is 57.9 Å². The van der Waals surface area contributed by atoms with Crippen molar-refractivity contribution in [3.63, 3.8) is 0 Å². The van der Waals surface area contributed by atoms with Crippen molar-refractivity contribution in [3.8, 4) is 0 Å². The molecule has 1 aliphatic heterocycles. The first-order chi connectivity index (χ1) is 11.1. The Balaban J connectivity index is 0.00000288.